The van der Waals surface area contributed by atoms with Gasteiger partial charge in [0, 0.05) is 12.8 Å². The standard InChI is InChI=1S/C12H16F2/c1-2-12(13,14)10-6-9-11-7-4-3-5-8-11/h3-5,7-8H,2,6,9-10H2,1H3. The molecule has 0 aliphatic rings. The van der Waals surface area contributed by atoms with E-state index in [0.717, 1.165) is 12.0 Å². The van der Waals surface area contributed by atoms with Crippen molar-refractivity contribution < 1.29 is 8.78 Å². The summed E-state index contributed by atoms with van der Waals surface area (Å²) < 4.78 is 25.7. The first-order valence-electron chi connectivity index (χ1n) is 5.06. The van der Waals surface area contributed by atoms with Gasteiger partial charge in [0.15, 0.2) is 0 Å². The quantitative estimate of drug-likeness (QED) is 0.669. The number of alkyl halides is 2. The van der Waals surface area contributed by atoms with E-state index < -0.39 is 5.92 Å². The minimum atomic E-state index is -2.48. The second kappa shape index (κ2) is 5.08. The van der Waals surface area contributed by atoms with Crippen molar-refractivity contribution in [3.63, 3.8) is 0 Å². The zero-order valence-corrected chi connectivity index (χ0v) is 8.47. The number of rotatable bonds is 5. The number of benzene rings is 1. The molecule has 2 heteroatoms. The van der Waals surface area contributed by atoms with Crippen LogP contribution in [0.15, 0.2) is 30.3 Å². The van der Waals surface area contributed by atoms with Crippen molar-refractivity contribution in [3.05, 3.63) is 35.9 Å². The molecule has 0 nitrogen and oxygen atoms in total. The fraction of sp³-hybridized carbons (Fsp3) is 0.500. The average molecular weight is 198 g/mol. The minimum absolute atomic E-state index is 0.00159. The average Bonchev–Trinajstić information content (AvgIpc) is 2.19. The molecule has 0 spiro atoms. The normalized spacial score (nSPS) is 11.6. The lowest BCUT2D eigenvalue weighted by molar-refractivity contribution is -0.0130. The third-order valence-electron chi connectivity index (χ3n) is 2.37. The summed E-state index contributed by atoms with van der Waals surface area (Å²) in [5.41, 5.74) is 1.14. The third-order valence-corrected chi connectivity index (χ3v) is 2.37. The van der Waals surface area contributed by atoms with Gasteiger partial charge in [-0.2, -0.15) is 0 Å². The van der Waals surface area contributed by atoms with E-state index in [1.165, 1.54) is 6.92 Å². The molecule has 1 aromatic rings. The zero-order valence-electron chi connectivity index (χ0n) is 8.47. The Balaban J connectivity index is 2.29. The summed E-state index contributed by atoms with van der Waals surface area (Å²) in [7, 11) is 0. The molecule has 0 atom stereocenters. The maximum atomic E-state index is 12.9. The van der Waals surface area contributed by atoms with Crippen molar-refractivity contribution in [2.24, 2.45) is 0 Å². The number of hydrogen-bond donors (Lipinski definition) is 0. The molecule has 0 aliphatic heterocycles. The van der Waals surface area contributed by atoms with E-state index in [4.69, 9.17) is 0 Å². The van der Waals surface area contributed by atoms with E-state index in [0.29, 0.717) is 6.42 Å². The smallest absolute Gasteiger partial charge is 0.207 e. The molecule has 0 heterocycles. The molecule has 0 aliphatic carbocycles. The first-order valence-corrected chi connectivity index (χ1v) is 5.06. The summed E-state index contributed by atoms with van der Waals surface area (Å²) in [4.78, 5) is 0. The van der Waals surface area contributed by atoms with Crippen LogP contribution in [0.4, 0.5) is 8.78 Å². The van der Waals surface area contributed by atoms with E-state index in [1.54, 1.807) is 0 Å². The van der Waals surface area contributed by atoms with Gasteiger partial charge in [-0.3, -0.25) is 0 Å². The van der Waals surface area contributed by atoms with Crippen molar-refractivity contribution in [2.45, 2.75) is 38.5 Å². The highest BCUT2D eigenvalue weighted by Gasteiger charge is 2.24. The zero-order chi connectivity index (χ0) is 10.4. The van der Waals surface area contributed by atoms with Crippen LogP contribution in [-0.2, 0) is 6.42 Å². The van der Waals surface area contributed by atoms with E-state index in [1.807, 2.05) is 30.3 Å². The molecule has 0 amide bonds. The molecule has 78 valence electrons. The largest absolute Gasteiger partial charge is 0.247 e. The number of halogens is 2. The van der Waals surface area contributed by atoms with Crippen molar-refractivity contribution >= 4 is 0 Å². The maximum Gasteiger partial charge on any atom is 0.247 e. The molecule has 0 N–H and O–H groups in total. The molecule has 0 saturated heterocycles. The Morgan fingerprint density at radius 1 is 1.14 bits per heavy atom. The van der Waals surface area contributed by atoms with Crippen LogP contribution in [0.5, 0.6) is 0 Å². The SMILES string of the molecule is CCC(F)(F)CCCc1ccccc1. The second-order valence-corrected chi connectivity index (χ2v) is 3.55. The highest BCUT2D eigenvalue weighted by molar-refractivity contribution is 5.14. The van der Waals surface area contributed by atoms with E-state index in [9.17, 15) is 8.78 Å². The van der Waals surface area contributed by atoms with E-state index in [2.05, 4.69) is 0 Å². The van der Waals surface area contributed by atoms with Gasteiger partial charge in [0.05, 0.1) is 0 Å². The second-order valence-electron chi connectivity index (χ2n) is 3.55. The molecule has 1 rings (SSSR count). The summed E-state index contributed by atoms with van der Waals surface area (Å²) >= 11 is 0. The van der Waals surface area contributed by atoms with Crippen LogP contribution >= 0.6 is 0 Å². The Kier molecular flexibility index (Phi) is 4.05. The van der Waals surface area contributed by atoms with Gasteiger partial charge < -0.3 is 0 Å². The van der Waals surface area contributed by atoms with Gasteiger partial charge in [-0.05, 0) is 18.4 Å². The fourth-order valence-electron chi connectivity index (χ4n) is 1.37. The van der Waals surface area contributed by atoms with Gasteiger partial charge in [0.2, 0.25) is 5.92 Å². The van der Waals surface area contributed by atoms with Crippen molar-refractivity contribution in [1.29, 1.82) is 0 Å². The van der Waals surface area contributed by atoms with E-state index >= 15 is 0 Å². The molecule has 0 aromatic heterocycles. The van der Waals surface area contributed by atoms with Crippen molar-refractivity contribution in [3.8, 4) is 0 Å². The van der Waals surface area contributed by atoms with Crippen LogP contribution in [0.1, 0.15) is 31.7 Å². The fourth-order valence-corrected chi connectivity index (χ4v) is 1.37. The van der Waals surface area contributed by atoms with Crippen LogP contribution in [0.25, 0.3) is 0 Å². The van der Waals surface area contributed by atoms with Crippen LogP contribution in [-0.4, -0.2) is 5.92 Å². The topological polar surface area (TPSA) is 0 Å². The molecule has 1 aromatic carbocycles. The van der Waals surface area contributed by atoms with Crippen LogP contribution in [0.3, 0.4) is 0 Å². The van der Waals surface area contributed by atoms with Crippen LogP contribution in [0, 0.1) is 0 Å². The summed E-state index contributed by atoms with van der Waals surface area (Å²) in [6.07, 6.45) is 1.25. The highest BCUT2D eigenvalue weighted by atomic mass is 19.3. The molecular weight excluding hydrogens is 182 g/mol. The van der Waals surface area contributed by atoms with Crippen LogP contribution in [0.2, 0.25) is 0 Å². The lowest BCUT2D eigenvalue weighted by Gasteiger charge is -2.13. The predicted molar refractivity (Wildman–Crippen MR) is 54.6 cm³/mol. The van der Waals surface area contributed by atoms with Crippen molar-refractivity contribution in [1.82, 2.24) is 0 Å². The molecule has 14 heavy (non-hydrogen) atoms. The first kappa shape index (κ1) is 11.2. The Morgan fingerprint density at radius 2 is 1.79 bits per heavy atom. The van der Waals surface area contributed by atoms with Gasteiger partial charge >= 0.3 is 0 Å². The predicted octanol–water partition coefficient (Wildman–Crippen LogP) is 4.05. The maximum absolute atomic E-state index is 12.9. The van der Waals surface area contributed by atoms with Crippen molar-refractivity contribution in [2.75, 3.05) is 0 Å². The first-order chi connectivity index (χ1) is 6.64. The number of aryl methyl sites for hydroxylation is 1. The summed E-state index contributed by atoms with van der Waals surface area (Å²) in [5, 5.41) is 0. The van der Waals surface area contributed by atoms with Gasteiger partial charge in [0.1, 0.15) is 0 Å². The summed E-state index contributed by atoms with van der Waals surface area (Å²) in [6.45, 7) is 1.53. The minimum Gasteiger partial charge on any atom is -0.207 e. The van der Waals surface area contributed by atoms with Gasteiger partial charge in [-0.1, -0.05) is 37.3 Å². The Morgan fingerprint density at radius 3 is 2.36 bits per heavy atom. The third kappa shape index (κ3) is 3.86. The number of hydrogen-bond acceptors (Lipinski definition) is 0. The van der Waals surface area contributed by atoms with Gasteiger partial charge in [0.25, 0.3) is 0 Å². The molecule has 0 bridgehead atoms. The summed E-state index contributed by atoms with van der Waals surface area (Å²) in [6, 6.07) is 9.76. The lowest BCUT2D eigenvalue weighted by Crippen LogP contribution is -2.13. The Bertz CT molecular complexity index is 254. The van der Waals surface area contributed by atoms with E-state index in [-0.39, 0.29) is 12.8 Å². The Hall–Kier alpha value is -0.920. The van der Waals surface area contributed by atoms with Gasteiger partial charge in [-0.15, -0.1) is 0 Å². The van der Waals surface area contributed by atoms with Crippen LogP contribution < -0.4 is 0 Å². The molecule has 0 radical (unpaired) electrons. The Labute approximate surface area is 84.0 Å². The molecule has 0 fully saturated rings. The lowest BCUT2D eigenvalue weighted by atomic mass is 10.0. The molecular formula is C12H16F2. The summed E-state index contributed by atoms with van der Waals surface area (Å²) in [5.74, 6) is -2.48. The van der Waals surface area contributed by atoms with Gasteiger partial charge in [-0.25, -0.2) is 8.78 Å². The molecule has 0 unspecified atom stereocenters. The monoisotopic (exact) mass is 198 g/mol. The molecule has 0 saturated carbocycles. The highest BCUT2D eigenvalue weighted by Crippen LogP contribution is 2.24.